The molecule has 6 aliphatic carbocycles. The molecule has 15 aliphatic rings. The van der Waals surface area contributed by atoms with Crippen molar-refractivity contribution in [1.82, 2.24) is 0 Å². The first kappa shape index (κ1) is 26.0. The highest BCUT2D eigenvalue weighted by Crippen LogP contribution is 2.88. The van der Waals surface area contributed by atoms with Gasteiger partial charge in [-0.15, -0.1) is 0 Å². The van der Waals surface area contributed by atoms with Gasteiger partial charge in [0.15, 0.2) is 20.1 Å². The number of fused-ring (bicyclic) bond motifs is 3. The first-order chi connectivity index (χ1) is 22.8. The van der Waals surface area contributed by atoms with Gasteiger partial charge in [-0.1, -0.05) is 149 Å². The molecule has 0 aromatic rings. The molecular weight excluding hydrogens is 549 g/mol. The predicted octanol–water partition coefficient (Wildman–Crippen LogP) is 10.9. The molecule has 0 bridgehead atoms. The fraction of sp³-hybridized carbons (Fsp3) is 1.00. The van der Waals surface area contributed by atoms with Crippen LogP contribution < -0.4 is 0 Å². The second-order valence-corrected chi connectivity index (χ2v) is 23.0. The van der Waals surface area contributed by atoms with Crippen LogP contribution in [-0.2, 0) is 0 Å². The molecule has 0 N–H and O–H groups in total. The Morgan fingerprint density at radius 2 is 0.891 bits per heavy atom. The zero-order chi connectivity index (χ0) is 28.9. The average molecular weight is 610 g/mol. The van der Waals surface area contributed by atoms with Gasteiger partial charge in [-0.2, -0.15) is 0 Å². The highest BCUT2D eigenvalue weighted by molar-refractivity contribution is 6.70. The molecule has 15 rings (SSSR count). The molecule has 9 aliphatic heterocycles. The van der Waals surface area contributed by atoms with Gasteiger partial charge in [0.2, 0.25) is 0 Å². The summed E-state index contributed by atoms with van der Waals surface area (Å²) in [6.07, 6.45) is 30.4. The van der Waals surface area contributed by atoms with E-state index in [1.54, 1.807) is 116 Å². The van der Waals surface area contributed by atoms with Crippen molar-refractivity contribution in [1.29, 1.82) is 0 Å². The summed E-state index contributed by atoms with van der Waals surface area (Å²) in [5.74, 6) is 30.2. The molecule has 9 saturated heterocycles. The standard InChI is InChI=1S/C43H61B3/c1-4-21-18-24-11-7-19-9-13-26-27-14-12-23-10-8-22-17-20-3-2-6-29-30-16-15-28-25(5-1)32(21)42-37-34(33(26)38(19)45(24)42)36-40(27)44(23)39(22)35(31(20)29)43(36)46(30)41(28)37/h19-43H,1-18H2. The lowest BCUT2D eigenvalue weighted by Gasteiger charge is -2.83. The summed E-state index contributed by atoms with van der Waals surface area (Å²) in [6, 6.07) is 0. The molecule has 0 aromatic carbocycles. The van der Waals surface area contributed by atoms with Crippen LogP contribution in [0.25, 0.3) is 0 Å². The number of hydrogen-bond acceptors (Lipinski definition) is 0. The summed E-state index contributed by atoms with van der Waals surface area (Å²) in [7, 11) is 0. The fourth-order valence-corrected chi connectivity index (χ4v) is 24.5. The number of hydrogen-bond donors (Lipinski definition) is 0. The van der Waals surface area contributed by atoms with Crippen LogP contribution in [0.1, 0.15) is 116 Å². The molecule has 3 heteroatoms. The topological polar surface area (TPSA) is 0 Å². The summed E-state index contributed by atoms with van der Waals surface area (Å²) in [6.45, 7) is 3.68. The van der Waals surface area contributed by atoms with E-state index in [0.29, 0.717) is 0 Å². The fourth-order valence-electron chi connectivity index (χ4n) is 24.5. The third-order valence-electron chi connectivity index (χ3n) is 23.7. The van der Waals surface area contributed by atoms with Crippen LogP contribution in [0.15, 0.2) is 0 Å². The van der Waals surface area contributed by atoms with Crippen molar-refractivity contribution in [3.05, 3.63) is 0 Å². The van der Waals surface area contributed by atoms with Crippen LogP contribution in [-0.4, -0.2) is 20.1 Å². The van der Waals surface area contributed by atoms with Crippen molar-refractivity contribution in [2.45, 2.75) is 168 Å². The maximum atomic E-state index is 1.72. The lowest BCUT2D eigenvalue weighted by molar-refractivity contribution is -0.146. The van der Waals surface area contributed by atoms with Crippen molar-refractivity contribution in [3.8, 4) is 0 Å². The van der Waals surface area contributed by atoms with E-state index in [4.69, 9.17) is 0 Å². The Balaban J connectivity index is 1.02. The Morgan fingerprint density at radius 3 is 1.80 bits per heavy atom. The van der Waals surface area contributed by atoms with Gasteiger partial charge in [-0.25, -0.2) is 0 Å². The summed E-state index contributed by atoms with van der Waals surface area (Å²) >= 11 is 0. The molecule has 6 saturated carbocycles. The third-order valence-corrected chi connectivity index (χ3v) is 23.7. The Bertz CT molecular complexity index is 1280. The van der Waals surface area contributed by atoms with Crippen LogP contribution in [0.3, 0.4) is 0 Å². The van der Waals surface area contributed by atoms with E-state index in [-0.39, 0.29) is 0 Å². The minimum atomic E-state index is 1.17. The van der Waals surface area contributed by atoms with Gasteiger partial charge >= 0.3 is 0 Å². The van der Waals surface area contributed by atoms with E-state index >= 15 is 0 Å². The largest absolute Gasteiger partial charge is 0.150 e. The summed E-state index contributed by atoms with van der Waals surface area (Å²) in [5.41, 5.74) is 0. The van der Waals surface area contributed by atoms with E-state index < -0.39 is 0 Å². The quantitative estimate of drug-likeness (QED) is 0.240. The van der Waals surface area contributed by atoms with E-state index in [9.17, 15) is 0 Å². The van der Waals surface area contributed by atoms with Crippen molar-refractivity contribution in [2.75, 3.05) is 0 Å². The summed E-state index contributed by atoms with van der Waals surface area (Å²) in [5, 5.41) is 0. The summed E-state index contributed by atoms with van der Waals surface area (Å²) in [4.78, 5) is 0. The normalized spacial score (nSPS) is 70.4. The second kappa shape index (κ2) is 8.45. The first-order valence-electron chi connectivity index (χ1n) is 22.8. The van der Waals surface area contributed by atoms with Gasteiger partial charge in [0.25, 0.3) is 0 Å². The SMILES string of the molecule is C1CC2CC3CCC4CCC5C6CCC7CCC8CC9CCCC%10C%11CCC%12C(C1)C2C1B3C4C5C2C1C%12B%11C1C(C8B7C6C12)C9%10. The van der Waals surface area contributed by atoms with Gasteiger partial charge in [-0.3, -0.25) is 0 Å². The minimum absolute atomic E-state index is 1.17. The Morgan fingerprint density at radius 1 is 0.283 bits per heavy atom. The number of rotatable bonds is 0. The van der Waals surface area contributed by atoms with E-state index in [0.717, 1.165) is 0 Å². The Kier molecular flexibility index (Phi) is 4.78. The third kappa shape index (κ3) is 2.63. The maximum absolute atomic E-state index is 1.72. The zero-order valence-corrected chi connectivity index (χ0v) is 28.9. The molecule has 242 valence electrons. The molecular formula is C43H61B3. The molecule has 0 aromatic heterocycles. The van der Waals surface area contributed by atoms with E-state index in [1.807, 2.05) is 0 Å². The highest BCUT2D eigenvalue weighted by atomic mass is 14.8. The zero-order valence-electron chi connectivity index (χ0n) is 28.9. The second-order valence-electron chi connectivity index (χ2n) is 23.0. The van der Waals surface area contributed by atoms with Crippen LogP contribution in [0.2, 0.25) is 52.4 Å². The van der Waals surface area contributed by atoms with Crippen LogP contribution in [0, 0.1) is 94.7 Å². The molecule has 0 spiro atoms. The van der Waals surface area contributed by atoms with Crippen molar-refractivity contribution < 1.29 is 0 Å². The van der Waals surface area contributed by atoms with Crippen molar-refractivity contribution in [2.24, 2.45) is 94.7 Å². The molecule has 15 fully saturated rings. The Hall–Kier alpha value is 0.195. The molecule has 9 heterocycles. The van der Waals surface area contributed by atoms with Crippen LogP contribution >= 0.6 is 0 Å². The predicted molar refractivity (Wildman–Crippen MR) is 190 cm³/mol. The average Bonchev–Trinajstić information content (AvgIpc) is 3.11. The molecule has 0 radical (unpaired) electrons. The van der Waals surface area contributed by atoms with Gasteiger partial charge in [0.05, 0.1) is 0 Å². The lowest BCUT2D eigenvalue weighted by atomic mass is 8.98. The highest BCUT2D eigenvalue weighted by Gasteiger charge is 2.81. The lowest BCUT2D eigenvalue weighted by Crippen LogP contribution is -2.78. The molecule has 25 unspecified atom stereocenters. The van der Waals surface area contributed by atoms with Crippen LogP contribution in [0.5, 0.6) is 0 Å². The van der Waals surface area contributed by atoms with Gasteiger partial charge in [0, 0.05) is 0 Å². The minimum Gasteiger partial charge on any atom is -0.0616 e. The van der Waals surface area contributed by atoms with Gasteiger partial charge < -0.3 is 0 Å². The molecule has 25 atom stereocenters. The monoisotopic (exact) mass is 611 g/mol. The maximum Gasteiger partial charge on any atom is 0.150 e. The van der Waals surface area contributed by atoms with Gasteiger partial charge in [0.1, 0.15) is 0 Å². The molecule has 0 nitrogen and oxygen atoms in total. The molecule has 0 amide bonds. The van der Waals surface area contributed by atoms with E-state index in [1.165, 1.54) is 167 Å². The molecule has 46 heavy (non-hydrogen) atoms. The van der Waals surface area contributed by atoms with Gasteiger partial charge in [-0.05, 0) is 114 Å². The summed E-state index contributed by atoms with van der Waals surface area (Å²) < 4.78 is 0. The first-order valence-corrected chi connectivity index (χ1v) is 22.8. The van der Waals surface area contributed by atoms with Crippen LogP contribution in [0.4, 0.5) is 0 Å². The van der Waals surface area contributed by atoms with Crippen molar-refractivity contribution in [3.63, 3.8) is 0 Å². The Labute approximate surface area is 281 Å². The van der Waals surface area contributed by atoms with Crippen molar-refractivity contribution >= 4 is 20.1 Å². The van der Waals surface area contributed by atoms with E-state index in [2.05, 4.69) is 0 Å². The smallest absolute Gasteiger partial charge is 0.0616 e.